The first kappa shape index (κ1) is 15.8. The van der Waals surface area contributed by atoms with E-state index in [1.807, 2.05) is 37.3 Å². The number of nitrogens with zero attached hydrogens (tertiary/aromatic N) is 3. The molecule has 7 nitrogen and oxygen atoms in total. The molecule has 0 spiro atoms. The molecule has 0 radical (unpaired) electrons. The van der Waals surface area contributed by atoms with E-state index in [9.17, 15) is 4.79 Å². The second kappa shape index (κ2) is 6.99. The Kier molecular flexibility index (Phi) is 4.60. The van der Waals surface area contributed by atoms with Crippen molar-refractivity contribution < 1.29 is 14.3 Å². The average Bonchev–Trinajstić information content (AvgIpc) is 2.99. The Hall–Kier alpha value is -3.09. The van der Waals surface area contributed by atoms with Crippen LogP contribution in [0.1, 0.15) is 16.2 Å². The molecule has 0 bridgehead atoms. The number of aryl methyl sites for hydroxylation is 1. The minimum absolute atomic E-state index is 0.219. The Morgan fingerprint density at radius 1 is 1.21 bits per heavy atom. The van der Waals surface area contributed by atoms with Gasteiger partial charge in [0.15, 0.2) is 5.65 Å². The fourth-order valence-electron chi connectivity index (χ4n) is 2.28. The summed E-state index contributed by atoms with van der Waals surface area (Å²) in [6.07, 6.45) is 1.60. The highest BCUT2D eigenvalue weighted by atomic mass is 16.5. The maximum absolute atomic E-state index is 12.3. The maximum Gasteiger partial charge on any atom is 0.270 e. The third-order valence-electron chi connectivity index (χ3n) is 3.43. The summed E-state index contributed by atoms with van der Waals surface area (Å²) in [5.74, 6) is 1.27. The van der Waals surface area contributed by atoms with Gasteiger partial charge < -0.3 is 14.8 Å². The van der Waals surface area contributed by atoms with Gasteiger partial charge in [-0.15, -0.1) is 0 Å². The predicted molar refractivity (Wildman–Crippen MR) is 88.5 cm³/mol. The number of hydrogen-bond acceptors (Lipinski definition) is 5. The van der Waals surface area contributed by atoms with E-state index in [0.717, 1.165) is 17.2 Å². The van der Waals surface area contributed by atoms with Gasteiger partial charge in [0.25, 0.3) is 5.91 Å². The summed E-state index contributed by atoms with van der Waals surface area (Å²) in [4.78, 5) is 16.5. The lowest BCUT2D eigenvalue weighted by Gasteiger charge is -2.09. The quantitative estimate of drug-likeness (QED) is 0.700. The molecule has 2 heterocycles. The second-order valence-corrected chi connectivity index (χ2v) is 5.17. The Morgan fingerprint density at radius 2 is 1.96 bits per heavy atom. The van der Waals surface area contributed by atoms with Crippen molar-refractivity contribution >= 4 is 11.6 Å². The molecule has 124 valence electrons. The lowest BCUT2D eigenvalue weighted by molar-refractivity contribution is 0.0939. The van der Waals surface area contributed by atoms with E-state index in [0.29, 0.717) is 24.5 Å². The van der Waals surface area contributed by atoms with Crippen LogP contribution in [0.4, 0.5) is 0 Å². The van der Waals surface area contributed by atoms with Crippen molar-refractivity contribution in [2.75, 3.05) is 20.3 Å². The molecular weight excluding hydrogens is 308 g/mol. The third kappa shape index (κ3) is 3.45. The minimum Gasteiger partial charge on any atom is -0.497 e. The number of benzene rings is 1. The van der Waals surface area contributed by atoms with E-state index in [4.69, 9.17) is 9.47 Å². The molecule has 0 aliphatic rings. The van der Waals surface area contributed by atoms with Gasteiger partial charge in [-0.25, -0.2) is 9.50 Å². The summed E-state index contributed by atoms with van der Waals surface area (Å²) in [5, 5.41) is 7.09. The van der Waals surface area contributed by atoms with Crippen LogP contribution in [0.25, 0.3) is 5.65 Å². The molecule has 0 saturated carbocycles. The number of aromatic nitrogens is 3. The summed E-state index contributed by atoms with van der Waals surface area (Å²) in [6.45, 7) is 2.61. The van der Waals surface area contributed by atoms with E-state index < -0.39 is 0 Å². The summed E-state index contributed by atoms with van der Waals surface area (Å²) >= 11 is 0. The van der Waals surface area contributed by atoms with Gasteiger partial charge in [0, 0.05) is 12.3 Å². The summed E-state index contributed by atoms with van der Waals surface area (Å²) < 4.78 is 12.2. The zero-order valence-electron chi connectivity index (χ0n) is 13.5. The summed E-state index contributed by atoms with van der Waals surface area (Å²) in [7, 11) is 1.61. The van der Waals surface area contributed by atoms with Crippen molar-refractivity contribution in [1.82, 2.24) is 19.9 Å². The molecule has 0 aliphatic heterocycles. The van der Waals surface area contributed by atoms with Crippen LogP contribution in [0.2, 0.25) is 0 Å². The van der Waals surface area contributed by atoms with Crippen molar-refractivity contribution in [1.29, 1.82) is 0 Å². The summed E-state index contributed by atoms with van der Waals surface area (Å²) in [6, 6.07) is 10.7. The van der Waals surface area contributed by atoms with Crippen molar-refractivity contribution in [3.63, 3.8) is 0 Å². The first-order chi connectivity index (χ1) is 11.7. The molecule has 1 amide bonds. The number of ether oxygens (including phenoxy) is 2. The molecular formula is C17H18N4O3. The SMILES string of the molecule is COc1ccc(OCCNC(=O)c2ccnc3cc(C)nn23)cc1. The van der Waals surface area contributed by atoms with Gasteiger partial charge in [-0.1, -0.05) is 0 Å². The van der Waals surface area contributed by atoms with Crippen molar-refractivity contribution in [2.24, 2.45) is 0 Å². The van der Waals surface area contributed by atoms with E-state index >= 15 is 0 Å². The van der Waals surface area contributed by atoms with Crippen LogP contribution in [0.3, 0.4) is 0 Å². The lowest BCUT2D eigenvalue weighted by Crippen LogP contribution is -2.29. The highest BCUT2D eigenvalue weighted by Gasteiger charge is 2.11. The highest BCUT2D eigenvalue weighted by Crippen LogP contribution is 2.16. The molecule has 0 fully saturated rings. The van der Waals surface area contributed by atoms with Gasteiger partial charge in [-0.3, -0.25) is 4.79 Å². The Morgan fingerprint density at radius 3 is 2.71 bits per heavy atom. The van der Waals surface area contributed by atoms with Gasteiger partial charge in [0.2, 0.25) is 0 Å². The second-order valence-electron chi connectivity index (χ2n) is 5.17. The zero-order chi connectivity index (χ0) is 16.9. The van der Waals surface area contributed by atoms with Crippen LogP contribution in [0.5, 0.6) is 11.5 Å². The van der Waals surface area contributed by atoms with Gasteiger partial charge in [0.1, 0.15) is 23.8 Å². The highest BCUT2D eigenvalue weighted by molar-refractivity contribution is 5.92. The number of rotatable bonds is 6. The van der Waals surface area contributed by atoms with Crippen LogP contribution in [0, 0.1) is 6.92 Å². The van der Waals surface area contributed by atoms with Crippen molar-refractivity contribution in [3.05, 3.63) is 54.0 Å². The van der Waals surface area contributed by atoms with E-state index in [1.54, 1.807) is 19.4 Å². The Balaban J connectivity index is 1.55. The van der Waals surface area contributed by atoms with Gasteiger partial charge in [0.05, 0.1) is 19.3 Å². The predicted octanol–water partition coefficient (Wildman–Crippen LogP) is 1.86. The van der Waals surface area contributed by atoms with Crippen LogP contribution in [-0.2, 0) is 0 Å². The zero-order valence-corrected chi connectivity index (χ0v) is 13.5. The van der Waals surface area contributed by atoms with E-state index in [2.05, 4.69) is 15.4 Å². The number of nitrogens with one attached hydrogen (secondary N) is 1. The molecule has 1 N–H and O–H groups in total. The first-order valence-corrected chi connectivity index (χ1v) is 7.54. The molecule has 0 atom stereocenters. The topological polar surface area (TPSA) is 77.8 Å². The fourth-order valence-corrected chi connectivity index (χ4v) is 2.28. The van der Waals surface area contributed by atoms with Crippen molar-refractivity contribution in [2.45, 2.75) is 6.92 Å². The molecule has 24 heavy (non-hydrogen) atoms. The number of amides is 1. The molecule has 0 unspecified atom stereocenters. The first-order valence-electron chi connectivity index (χ1n) is 7.54. The van der Waals surface area contributed by atoms with Gasteiger partial charge >= 0.3 is 0 Å². The Bertz CT molecular complexity index is 843. The average molecular weight is 326 g/mol. The molecule has 0 aliphatic carbocycles. The standard InChI is InChI=1S/C17H18N4O3/c1-12-11-16-18-8-7-15(21(16)20-12)17(22)19-9-10-24-14-5-3-13(23-2)4-6-14/h3-8,11H,9-10H2,1-2H3,(H,19,22). The normalized spacial score (nSPS) is 10.6. The lowest BCUT2D eigenvalue weighted by atomic mass is 10.3. The molecule has 0 saturated heterocycles. The van der Waals surface area contributed by atoms with Gasteiger partial charge in [-0.2, -0.15) is 5.10 Å². The number of carbonyl (C=O) groups excluding carboxylic acids is 1. The number of fused-ring (bicyclic) bond motifs is 1. The van der Waals surface area contributed by atoms with E-state index in [-0.39, 0.29) is 5.91 Å². The smallest absolute Gasteiger partial charge is 0.270 e. The molecule has 7 heteroatoms. The van der Waals surface area contributed by atoms with Crippen LogP contribution in [-0.4, -0.2) is 40.8 Å². The van der Waals surface area contributed by atoms with Crippen LogP contribution < -0.4 is 14.8 Å². The number of carbonyl (C=O) groups is 1. The van der Waals surface area contributed by atoms with Crippen LogP contribution in [0.15, 0.2) is 42.6 Å². The fraction of sp³-hybridized carbons (Fsp3) is 0.235. The maximum atomic E-state index is 12.3. The minimum atomic E-state index is -0.219. The summed E-state index contributed by atoms with van der Waals surface area (Å²) in [5.41, 5.74) is 1.90. The number of hydrogen-bond donors (Lipinski definition) is 1. The molecule has 3 rings (SSSR count). The largest absolute Gasteiger partial charge is 0.497 e. The number of methoxy groups -OCH3 is 1. The molecule has 2 aromatic heterocycles. The van der Waals surface area contributed by atoms with Crippen LogP contribution >= 0.6 is 0 Å². The Labute approximate surface area is 139 Å². The van der Waals surface area contributed by atoms with E-state index in [1.165, 1.54) is 4.52 Å². The molecule has 3 aromatic rings. The third-order valence-corrected chi connectivity index (χ3v) is 3.43. The van der Waals surface area contributed by atoms with Crippen molar-refractivity contribution in [3.8, 4) is 11.5 Å². The monoisotopic (exact) mass is 326 g/mol. The van der Waals surface area contributed by atoms with Gasteiger partial charge in [-0.05, 0) is 37.3 Å². The molecule has 1 aromatic carbocycles.